The molecular formula is C10H7BrClN3OS. The first kappa shape index (κ1) is 12.5. The molecule has 0 atom stereocenters. The number of hydrogen-bond donors (Lipinski definition) is 1. The van der Waals surface area contributed by atoms with Crippen LogP contribution in [0.25, 0.3) is 0 Å². The largest absolute Gasteiger partial charge is 0.305 e. The van der Waals surface area contributed by atoms with Gasteiger partial charge in [0.2, 0.25) is 0 Å². The van der Waals surface area contributed by atoms with Crippen LogP contribution in [0.1, 0.15) is 15.2 Å². The van der Waals surface area contributed by atoms with Crippen molar-refractivity contribution in [3.8, 4) is 0 Å². The molecule has 0 radical (unpaired) electrons. The lowest BCUT2D eigenvalue weighted by Gasteiger charge is -2.01. The maximum atomic E-state index is 11.9. The van der Waals surface area contributed by atoms with Crippen molar-refractivity contribution >= 4 is 50.6 Å². The predicted molar refractivity (Wildman–Crippen MR) is 71.8 cm³/mol. The van der Waals surface area contributed by atoms with Crippen molar-refractivity contribution in [2.45, 2.75) is 6.92 Å². The van der Waals surface area contributed by atoms with E-state index in [9.17, 15) is 4.79 Å². The lowest BCUT2D eigenvalue weighted by Crippen LogP contribution is -2.11. The standard InChI is InChI=1S/C10H7BrClN3OS/c1-5-2-6(17-9(5)11)10(16)15-8-4-13-3-7(12)14-8/h2-4H,1H3,(H,14,15,16). The number of rotatable bonds is 2. The summed E-state index contributed by atoms with van der Waals surface area (Å²) in [7, 11) is 0. The van der Waals surface area contributed by atoms with E-state index >= 15 is 0 Å². The van der Waals surface area contributed by atoms with Gasteiger partial charge in [-0.25, -0.2) is 4.98 Å². The van der Waals surface area contributed by atoms with Gasteiger partial charge in [0.15, 0.2) is 5.82 Å². The highest BCUT2D eigenvalue weighted by Gasteiger charge is 2.12. The Morgan fingerprint density at radius 3 is 2.88 bits per heavy atom. The Kier molecular flexibility index (Phi) is 3.76. The first-order valence-corrected chi connectivity index (χ1v) is 6.60. The molecule has 1 amide bonds. The van der Waals surface area contributed by atoms with Gasteiger partial charge in [-0.05, 0) is 34.5 Å². The van der Waals surface area contributed by atoms with Crippen LogP contribution in [0.15, 0.2) is 22.2 Å². The molecule has 0 bridgehead atoms. The third kappa shape index (κ3) is 3.02. The summed E-state index contributed by atoms with van der Waals surface area (Å²) in [5.74, 6) is 0.116. The predicted octanol–water partition coefficient (Wildman–Crippen LogP) is 3.51. The lowest BCUT2D eigenvalue weighted by molar-refractivity contribution is 0.103. The second-order valence-corrected chi connectivity index (χ2v) is 6.01. The Bertz CT molecular complexity index is 553. The zero-order valence-corrected chi connectivity index (χ0v) is 11.9. The van der Waals surface area contributed by atoms with Crippen LogP contribution in [0.5, 0.6) is 0 Å². The zero-order valence-electron chi connectivity index (χ0n) is 8.70. The first-order chi connectivity index (χ1) is 8.06. The molecule has 0 saturated carbocycles. The van der Waals surface area contributed by atoms with Gasteiger partial charge in [-0.2, -0.15) is 0 Å². The van der Waals surface area contributed by atoms with E-state index in [1.165, 1.54) is 23.7 Å². The molecule has 0 saturated heterocycles. The number of carbonyl (C=O) groups excluding carboxylic acids is 1. The molecule has 0 spiro atoms. The van der Waals surface area contributed by atoms with Gasteiger partial charge >= 0.3 is 0 Å². The van der Waals surface area contributed by atoms with Crippen molar-refractivity contribution in [3.05, 3.63) is 37.8 Å². The Morgan fingerprint density at radius 1 is 1.53 bits per heavy atom. The van der Waals surface area contributed by atoms with E-state index in [4.69, 9.17) is 11.6 Å². The molecule has 4 nitrogen and oxygen atoms in total. The molecule has 2 rings (SSSR count). The van der Waals surface area contributed by atoms with Crippen LogP contribution in [0.3, 0.4) is 0 Å². The van der Waals surface area contributed by atoms with E-state index in [-0.39, 0.29) is 11.1 Å². The van der Waals surface area contributed by atoms with E-state index in [2.05, 4.69) is 31.2 Å². The summed E-state index contributed by atoms with van der Waals surface area (Å²) >= 11 is 10.4. The van der Waals surface area contributed by atoms with Crippen LogP contribution in [0.4, 0.5) is 5.82 Å². The average Bonchev–Trinajstić information content (AvgIpc) is 2.59. The first-order valence-electron chi connectivity index (χ1n) is 4.61. The molecule has 88 valence electrons. The molecule has 7 heteroatoms. The normalized spacial score (nSPS) is 10.3. The number of carbonyl (C=O) groups is 1. The van der Waals surface area contributed by atoms with E-state index in [0.717, 1.165) is 9.35 Å². The van der Waals surface area contributed by atoms with Crippen LogP contribution < -0.4 is 5.32 Å². The highest BCUT2D eigenvalue weighted by atomic mass is 79.9. The molecule has 2 aromatic rings. The molecule has 0 aliphatic carbocycles. The number of aromatic nitrogens is 2. The topological polar surface area (TPSA) is 54.9 Å². The van der Waals surface area contributed by atoms with Gasteiger partial charge in [-0.1, -0.05) is 11.6 Å². The van der Waals surface area contributed by atoms with Crippen LogP contribution in [-0.2, 0) is 0 Å². The number of nitrogens with one attached hydrogen (secondary N) is 1. The summed E-state index contributed by atoms with van der Waals surface area (Å²) in [6.07, 6.45) is 2.85. The number of amides is 1. The van der Waals surface area contributed by atoms with Crippen LogP contribution >= 0.6 is 38.9 Å². The smallest absolute Gasteiger partial charge is 0.266 e. The molecular weight excluding hydrogens is 326 g/mol. The van der Waals surface area contributed by atoms with Gasteiger partial charge in [0.1, 0.15) is 5.15 Å². The number of hydrogen-bond acceptors (Lipinski definition) is 4. The number of aryl methyl sites for hydroxylation is 1. The highest BCUT2D eigenvalue weighted by Crippen LogP contribution is 2.27. The molecule has 1 N–H and O–H groups in total. The minimum absolute atomic E-state index is 0.222. The Morgan fingerprint density at radius 2 is 2.29 bits per heavy atom. The van der Waals surface area contributed by atoms with Crippen molar-refractivity contribution in [1.82, 2.24) is 9.97 Å². The third-order valence-corrected chi connectivity index (χ3v) is 4.25. The fraction of sp³-hybridized carbons (Fsp3) is 0.100. The van der Waals surface area contributed by atoms with E-state index < -0.39 is 0 Å². The molecule has 0 aliphatic rings. The molecule has 2 heterocycles. The second-order valence-electron chi connectivity index (χ2n) is 3.25. The van der Waals surface area contributed by atoms with E-state index in [1.807, 2.05) is 13.0 Å². The van der Waals surface area contributed by atoms with Gasteiger partial charge in [0.25, 0.3) is 5.91 Å². The number of anilines is 1. The van der Waals surface area contributed by atoms with Crippen LogP contribution in [0.2, 0.25) is 5.15 Å². The average molecular weight is 333 g/mol. The summed E-state index contributed by atoms with van der Waals surface area (Å²) in [5, 5.41) is 2.87. The quantitative estimate of drug-likeness (QED) is 0.915. The van der Waals surface area contributed by atoms with Crippen molar-refractivity contribution in [2.24, 2.45) is 0 Å². The van der Waals surface area contributed by atoms with E-state index in [0.29, 0.717) is 10.7 Å². The van der Waals surface area contributed by atoms with Crippen molar-refractivity contribution in [1.29, 1.82) is 0 Å². The maximum absolute atomic E-state index is 11.9. The minimum Gasteiger partial charge on any atom is -0.305 e. The number of nitrogens with zero attached hydrogens (tertiary/aromatic N) is 2. The van der Waals surface area contributed by atoms with Crippen LogP contribution in [-0.4, -0.2) is 15.9 Å². The zero-order chi connectivity index (χ0) is 12.4. The van der Waals surface area contributed by atoms with Crippen molar-refractivity contribution < 1.29 is 4.79 Å². The van der Waals surface area contributed by atoms with Gasteiger partial charge < -0.3 is 5.32 Å². The molecule has 2 aromatic heterocycles. The number of halogens is 2. The molecule has 0 aliphatic heterocycles. The van der Waals surface area contributed by atoms with Crippen LogP contribution in [0, 0.1) is 6.92 Å². The fourth-order valence-corrected chi connectivity index (χ4v) is 2.73. The molecule has 17 heavy (non-hydrogen) atoms. The van der Waals surface area contributed by atoms with Gasteiger partial charge in [0.05, 0.1) is 21.1 Å². The monoisotopic (exact) mass is 331 g/mol. The summed E-state index contributed by atoms with van der Waals surface area (Å²) < 4.78 is 0.944. The van der Waals surface area contributed by atoms with Gasteiger partial charge in [-0.15, -0.1) is 11.3 Å². The molecule has 0 fully saturated rings. The summed E-state index contributed by atoms with van der Waals surface area (Å²) in [5.41, 5.74) is 1.03. The molecule has 0 unspecified atom stereocenters. The minimum atomic E-state index is -0.222. The highest BCUT2D eigenvalue weighted by molar-refractivity contribution is 9.11. The Labute approximate surface area is 115 Å². The van der Waals surface area contributed by atoms with Crippen molar-refractivity contribution in [2.75, 3.05) is 5.32 Å². The summed E-state index contributed by atoms with van der Waals surface area (Å²) in [6.45, 7) is 1.93. The summed E-state index contributed by atoms with van der Waals surface area (Å²) in [4.78, 5) is 20.2. The van der Waals surface area contributed by atoms with E-state index in [1.54, 1.807) is 0 Å². The second kappa shape index (κ2) is 5.12. The Hall–Kier alpha value is -0.980. The third-order valence-electron chi connectivity index (χ3n) is 1.93. The van der Waals surface area contributed by atoms with Crippen molar-refractivity contribution in [3.63, 3.8) is 0 Å². The number of thiophene rings is 1. The summed E-state index contributed by atoms with van der Waals surface area (Å²) in [6, 6.07) is 1.81. The van der Waals surface area contributed by atoms with Gasteiger partial charge in [0, 0.05) is 0 Å². The maximum Gasteiger partial charge on any atom is 0.266 e. The SMILES string of the molecule is Cc1cc(C(=O)Nc2cncc(Cl)n2)sc1Br. The van der Waals surface area contributed by atoms with Gasteiger partial charge in [-0.3, -0.25) is 9.78 Å². The molecule has 0 aromatic carbocycles. The lowest BCUT2D eigenvalue weighted by atomic mass is 10.3. The Balaban J connectivity index is 2.17. The fourth-order valence-electron chi connectivity index (χ4n) is 1.15.